The summed E-state index contributed by atoms with van der Waals surface area (Å²) in [5, 5.41) is 11.0. The average molecular weight is 517 g/mol. The maximum atomic E-state index is 13.2. The summed E-state index contributed by atoms with van der Waals surface area (Å²) >= 11 is 3.30. The topological polar surface area (TPSA) is 70.5 Å². The van der Waals surface area contributed by atoms with Gasteiger partial charge in [-0.25, -0.2) is 0 Å². The Morgan fingerprint density at radius 3 is 2.42 bits per heavy atom. The van der Waals surface area contributed by atoms with E-state index in [1.807, 2.05) is 0 Å². The maximum Gasteiger partial charge on any atom is 0.416 e. The van der Waals surface area contributed by atoms with Crippen LogP contribution >= 0.6 is 15.9 Å². The molecule has 5 nitrogen and oxygen atoms in total. The van der Waals surface area contributed by atoms with Gasteiger partial charge >= 0.3 is 6.18 Å². The fraction of sp³-hybridized carbons (Fsp3) is 0.125. The molecule has 1 saturated heterocycles. The molecule has 0 saturated carbocycles. The predicted octanol–water partition coefficient (Wildman–Crippen LogP) is 5.48. The molecule has 0 radical (unpaired) electrons. The van der Waals surface area contributed by atoms with Crippen molar-refractivity contribution in [3.8, 4) is 0 Å². The normalized spacial score (nSPS) is 18.1. The number of aliphatic hydroxyl groups excluding tert-OH is 1. The summed E-state index contributed by atoms with van der Waals surface area (Å²) in [7, 11) is 0. The molecule has 4 rings (SSSR count). The Kier molecular flexibility index (Phi) is 6.07. The zero-order chi connectivity index (χ0) is 23.8. The molecule has 1 amide bonds. The summed E-state index contributed by atoms with van der Waals surface area (Å²) in [4.78, 5) is 31.1. The zero-order valence-electron chi connectivity index (χ0n) is 16.9. The van der Waals surface area contributed by atoms with E-state index in [-0.39, 0.29) is 23.4 Å². The number of ketones is 1. The lowest BCUT2D eigenvalue weighted by molar-refractivity contribution is -0.140. The Balaban J connectivity index is 1.82. The molecule has 2 aromatic carbocycles. The molecule has 9 heteroatoms. The second-order valence-corrected chi connectivity index (χ2v) is 8.33. The van der Waals surface area contributed by atoms with Gasteiger partial charge in [0, 0.05) is 29.0 Å². The molecule has 33 heavy (non-hydrogen) atoms. The van der Waals surface area contributed by atoms with Gasteiger partial charge in [0.1, 0.15) is 5.76 Å². The lowest BCUT2D eigenvalue weighted by Gasteiger charge is -2.25. The van der Waals surface area contributed by atoms with Crippen LogP contribution in [0.1, 0.15) is 28.3 Å². The number of carbonyl (C=O) groups excluding carboxylic acids is 2. The third kappa shape index (κ3) is 4.54. The van der Waals surface area contributed by atoms with Crippen LogP contribution in [-0.4, -0.2) is 26.7 Å². The Hall–Kier alpha value is -3.46. The molecule has 1 atom stereocenters. The number of benzene rings is 2. The number of halogens is 4. The molecule has 3 aromatic rings. The van der Waals surface area contributed by atoms with E-state index in [1.165, 1.54) is 24.5 Å². The summed E-state index contributed by atoms with van der Waals surface area (Å²) in [6.45, 7) is -0.259. The number of alkyl halides is 3. The van der Waals surface area contributed by atoms with Gasteiger partial charge in [0.25, 0.3) is 11.7 Å². The number of nitrogens with zero attached hydrogens (tertiary/aromatic N) is 2. The van der Waals surface area contributed by atoms with Gasteiger partial charge in [0.05, 0.1) is 17.2 Å². The van der Waals surface area contributed by atoms with Gasteiger partial charge < -0.3 is 10.0 Å². The Labute approximate surface area is 195 Å². The van der Waals surface area contributed by atoms with Crippen molar-refractivity contribution in [2.24, 2.45) is 0 Å². The number of carbonyl (C=O) groups is 2. The predicted molar refractivity (Wildman–Crippen MR) is 118 cm³/mol. The second-order valence-electron chi connectivity index (χ2n) is 7.42. The van der Waals surface area contributed by atoms with Crippen LogP contribution in [0.3, 0.4) is 0 Å². The molecule has 1 N–H and O–H groups in total. The molecule has 1 aliphatic rings. The Morgan fingerprint density at radius 1 is 1.06 bits per heavy atom. The lowest BCUT2D eigenvalue weighted by Crippen LogP contribution is -2.29. The number of rotatable bonds is 4. The van der Waals surface area contributed by atoms with Crippen molar-refractivity contribution in [1.82, 2.24) is 9.88 Å². The number of Topliss-reactive ketones (excluding diaryl/α,β-unsaturated/α-hetero) is 1. The van der Waals surface area contributed by atoms with Crippen LogP contribution in [0.15, 0.2) is 83.1 Å². The first-order valence-corrected chi connectivity index (χ1v) is 10.6. The van der Waals surface area contributed by atoms with Crippen LogP contribution < -0.4 is 0 Å². The summed E-state index contributed by atoms with van der Waals surface area (Å²) in [6, 6.07) is 13.3. The smallest absolute Gasteiger partial charge is 0.416 e. The molecular weight excluding hydrogens is 501 g/mol. The maximum absolute atomic E-state index is 13.2. The highest BCUT2D eigenvalue weighted by Crippen LogP contribution is 2.40. The lowest BCUT2D eigenvalue weighted by atomic mass is 9.96. The zero-order valence-corrected chi connectivity index (χ0v) is 18.5. The highest BCUT2D eigenvalue weighted by Gasteiger charge is 2.46. The van der Waals surface area contributed by atoms with Crippen LogP contribution in [0.4, 0.5) is 13.2 Å². The van der Waals surface area contributed by atoms with Crippen molar-refractivity contribution in [3.63, 3.8) is 0 Å². The minimum Gasteiger partial charge on any atom is -0.507 e. The van der Waals surface area contributed by atoms with Gasteiger partial charge in [0.2, 0.25) is 0 Å². The molecule has 2 heterocycles. The van der Waals surface area contributed by atoms with Crippen LogP contribution in [0, 0.1) is 0 Å². The standard InChI is InChI=1S/C24H16BrF3N2O3/c25-18-8-6-15(7-9-18)21(31)19-20(16-4-2-10-29-12-16)30(23(33)22(19)32)13-14-3-1-5-17(11-14)24(26,27)28/h1-12,20,31H,13H2/b21-19+. The van der Waals surface area contributed by atoms with Gasteiger partial charge in [-0.05, 0) is 41.5 Å². The van der Waals surface area contributed by atoms with Crippen LogP contribution in [-0.2, 0) is 22.3 Å². The van der Waals surface area contributed by atoms with Crippen LogP contribution in [0.2, 0.25) is 0 Å². The molecule has 0 bridgehead atoms. The van der Waals surface area contributed by atoms with Gasteiger partial charge in [0.15, 0.2) is 0 Å². The summed E-state index contributed by atoms with van der Waals surface area (Å²) < 4.78 is 40.2. The number of aromatic nitrogens is 1. The first-order chi connectivity index (χ1) is 15.7. The van der Waals surface area contributed by atoms with Crippen molar-refractivity contribution in [3.05, 3.63) is 105 Å². The van der Waals surface area contributed by atoms with Crippen molar-refractivity contribution in [2.75, 3.05) is 0 Å². The monoisotopic (exact) mass is 516 g/mol. The van der Waals surface area contributed by atoms with Gasteiger partial charge in [-0.3, -0.25) is 14.6 Å². The first-order valence-electron chi connectivity index (χ1n) is 9.77. The summed E-state index contributed by atoms with van der Waals surface area (Å²) in [5.74, 6) is -2.21. The third-order valence-electron chi connectivity index (χ3n) is 5.26. The van der Waals surface area contributed by atoms with Gasteiger partial charge in [-0.1, -0.05) is 46.3 Å². The van der Waals surface area contributed by atoms with Gasteiger partial charge in [-0.2, -0.15) is 13.2 Å². The van der Waals surface area contributed by atoms with E-state index in [0.717, 1.165) is 21.5 Å². The molecule has 1 aromatic heterocycles. The number of amides is 1. The quantitative estimate of drug-likeness (QED) is 0.283. The van der Waals surface area contributed by atoms with Crippen LogP contribution in [0.25, 0.3) is 5.76 Å². The number of aliphatic hydroxyl groups is 1. The molecule has 0 spiro atoms. The van der Waals surface area contributed by atoms with Crippen molar-refractivity contribution in [2.45, 2.75) is 18.8 Å². The van der Waals surface area contributed by atoms with Crippen molar-refractivity contribution >= 4 is 33.4 Å². The molecule has 1 unspecified atom stereocenters. The highest BCUT2D eigenvalue weighted by molar-refractivity contribution is 9.10. The minimum absolute atomic E-state index is 0.151. The van der Waals surface area contributed by atoms with E-state index in [0.29, 0.717) is 11.1 Å². The molecule has 1 aliphatic heterocycles. The number of hydrogen-bond acceptors (Lipinski definition) is 4. The molecule has 1 fully saturated rings. The van der Waals surface area contributed by atoms with Crippen molar-refractivity contribution < 1.29 is 27.9 Å². The van der Waals surface area contributed by atoms with E-state index < -0.39 is 29.5 Å². The van der Waals surface area contributed by atoms with Crippen LogP contribution in [0.5, 0.6) is 0 Å². The van der Waals surface area contributed by atoms with Gasteiger partial charge in [-0.15, -0.1) is 0 Å². The minimum atomic E-state index is -4.55. The molecule has 168 valence electrons. The first kappa shape index (κ1) is 22.7. The average Bonchev–Trinajstić information content (AvgIpc) is 3.04. The van der Waals surface area contributed by atoms with E-state index in [2.05, 4.69) is 20.9 Å². The van der Waals surface area contributed by atoms with Crippen molar-refractivity contribution in [1.29, 1.82) is 0 Å². The third-order valence-corrected chi connectivity index (χ3v) is 5.79. The fourth-order valence-corrected chi connectivity index (χ4v) is 4.00. The molecule has 0 aliphatic carbocycles. The largest absolute Gasteiger partial charge is 0.507 e. The van der Waals surface area contributed by atoms with E-state index in [4.69, 9.17) is 0 Å². The SMILES string of the molecule is O=C1C(=O)N(Cc2cccc(C(F)(F)F)c2)C(c2cccnc2)/C1=C(\O)c1ccc(Br)cc1. The number of likely N-dealkylation sites (tertiary alicyclic amines) is 1. The summed E-state index contributed by atoms with van der Waals surface area (Å²) in [6.07, 6.45) is -1.59. The van der Waals surface area contributed by atoms with E-state index in [9.17, 15) is 27.9 Å². The second kappa shape index (κ2) is 8.82. The Morgan fingerprint density at radius 2 is 1.79 bits per heavy atom. The van der Waals surface area contributed by atoms with E-state index >= 15 is 0 Å². The summed E-state index contributed by atoms with van der Waals surface area (Å²) in [5.41, 5.74) is -0.0394. The number of pyridine rings is 1. The molecular formula is C24H16BrF3N2O3. The number of hydrogen-bond donors (Lipinski definition) is 1. The Bertz CT molecular complexity index is 1240. The van der Waals surface area contributed by atoms with E-state index in [1.54, 1.807) is 36.4 Å². The highest BCUT2D eigenvalue weighted by atomic mass is 79.9. The fourth-order valence-electron chi connectivity index (χ4n) is 3.73.